The van der Waals surface area contributed by atoms with Crippen LogP contribution in [0.1, 0.15) is 30.5 Å². The fourth-order valence-electron chi connectivity index (χ4n) is 2.37. The molecule has 0 spiro atoms. The molecule has 1 heterocycles. The molecule has 1 aromatic heterocycles. The molecule has 0 saturated heterocycles. The molecule has 0 aliphatic carbocycles. The molecule has 2 nitrogen and oxygen atoms in total. The zero-order valence-corrected chi connectivity index (χ0v) is 11.7. The van der Waals surface area contributed by atoms with Gasteiger partial charge < -0.3 is 5.73 Å². The van der Waals surface area contributed by atoms with Crippen molar-refractivity contribution in [2.75, 3.05) is 6.54 Å². The Hall–Kier alpha value is -1.41. The van der Waals surface area contributed by atoms with Crippen LogP contribution in [-0.2, 0) is 6.42 Å². The Morgan fingerprint density at radius 2 is 1.89 bits per heavy atom. The van der Waals surface area contributed by atoms with Crippen LogP contribution in [0.5, 0.6) is 0 Å². The van der Waals surface area contributed by atoms with E-state index in [0.29, 0.717) is 6.54 Å². The van der Waals surface area contributed by atoms with Gasteiger partial charge in [-0.05, 0) is 61.1 Å². The fourth-order valence-corrected chi connectivity index (χ4v) is 2.37. The molecular formula is C16H22N2. The number of fused-ring (bicyclic) bond motifs is 1. The van der Waals surface area contributed by atoms with Crippen LogP contribution in [0.4, 0.5) is 0 Å². The maximum atomic E-state index is 5.82. The number of aryl methyl sites for hydroxylation is 2. The minimum absolute atomic E-state index is 0.149. The lowest BCUT2D eigenvalue weighted by Crippen LogP contribution is -2.25. The van der Waals surface area contributed by atoms with Gasteiger partial charge >= 0.3 is 0 Å². The molecule has 2 rings (SSSR count). The minimum Gasteiger partial charge on any atom is -0.330 e. The van der Waals surface area contributed by atoms with Gasteiger partial charge in [0, 0.05) is 11.6 Å². The minimum atomic E-state index is 0.149. The van der Waals surface area contributed by atoms with Gasteiger partial charge in [-0.1, -0.05) is 19.9 Å². The number of nitrogens with zero attached hydrogens (tertiary/aromatic N) is 1. The van der Waals surface area contributed by atoms with E-state index in [1.807, 2.05) is 6.20 Å². The van der Waals surface area contributed by atoms with Gasteiger partial charge in [0.05, 0.1) is 5.52 Å². The molecule has 0 fully saturated rings. The van der Waals surface area contributed by atoms with Crippen molar-refractivity contribution in [1.82, 2.24) is 4.98 Å². The summed E-state index contributed by atoms with van der Waals surface area (Å²) < 4.78 is 0. The molecule has 0 aliphatic rings. The summed E-state index contributed by atoms with van der Waals surface area (Å²) >= 11 is 0. The van der Waals surface area contributed by atoms with Crippen molar-refractivity contribution in [3.05, 3.63) is 41.1 Å². The van der Waals surface area contributed by atoms with Crippen LogP contribution in [0.3, 0.4) is 0 Å². The number of hydrogen-bond acceptors (Lipinski definition) is 2. The van der Waals surface area contributed by atoms with Crippen LogP contribution in [-0.4, -0.2) is 11.5 Å². The smallest absolute Gasteiger partial charge is 0.0733 e. The summed E-state index contributed by atoms with van der Waals surface area (Å²) in [6.07, 6.45) is 2.89. The second kappa shape index (κ2) is 4.69. The molecule has 0 radical (unpaired) electrons. The number of pyridine rings is 1. The van der Waals surface area contributed by atoms with E-state index in [1.165, 1.54) is 22.1 Å². The topological polar surface area (TPSA) is 38.9 Å². The summed E-state index contributed by atoms with van der Waals surface area (Å²) in [5, 5.41) is 1.26. The normalized spacial score (nSPS) is 12.1. The Bertz CT molecular complexity index is 571. The molecular weight excluding hydrogens is 220 g/mol. The van der Waals surface area contributed by atoms with E-state index in [4.69, 9.17) is 5.73 Å². The number of rotatable bonds is 3. The van der Waals surface area contributed by atoms with E-state index >= 15 is 0 Å². The lowest BCUT2D eigenvalue weighted by Gasteiger charge is -2.23. The highest BCUT2D eigenvalue weighted by molar-refractivity contribution is 5.85. The third kappa shape index (κ3) is 2.54. The van der Waals surface area contributed by atoms with Crippen LogP contribution in [0.25, 0.3) is 10.9 Å². The predicted octanol–water partition coefficient (Wildman–Crippen LogP) is 3.38. The molecule has 1 aromatic carbocycles. The third-order valence-electron chi connectivity index (χ3n) is 3.55. The van der Waals surface area contributed by atoms with Crippen molar-refractivity contribution >= 4 is 10.9 Å². The zero-order valence-electron chi connectivity index (χ0n) is 11.7. The maximum Gasteiger partial charge on any atom is 0.0733 e. The van der Waals surface area contributed by atoms with Crippen molar-refractivity contribution in [2.45, 2.75) is 34.1 Å². The van der Waals surface area contributed by atoms with Crippen LogP contribution >= 0.6 is 0 Å². The maximum absolute atomic E-state index is 5.82. The van der Waals surface area contributed by atoms with Crippen LogP contribution < -0.4 is 5.73 Å². The second-order valence-electron chi connectivity index (χ2n) is 5.98. The van der Waals surface area contributed by atoms with Gasteiger partial charge in [-0.25, -0.2) is 0 Å². The summed E-state index contributed by atoms with van der Waals surface area (Å²) in [7, 11) is 0. The quantitative estimate of drug-likeness (QED) is 0.896. The second-order valence-corrected chi connectivity index (χ2v) is 5.98. The van der Waals surface area contributed by atoms with Crippen LogP contribution in [0, 0.1) is 19.3 Å². The van der Waals surface area contributed by atoms with Gasteiger partial charge in [0.1, 0.15) is 0 Å². The van der Waals surface area contributed by atoms with E-state index < -0.39 is 0 Å². The average Bonchev–Trinajstić information content (AvgIpc) is 2.30. The van der Waals surface area contributed by atoms with E-state index in [9.17, 15) is 0 Å². The first kappa shape index (κ1) is 13.0. The molecule has 2 aromatic rings. The molecule has 0 amide bonds. The van der Waals surface area contributed by atoms with Crippen molar-refractivity contribution < 1.29 is 0 Å². The molecule has 0 unspecified atom stereocenters. The Morgan fingerprint density at radius 1 is 1.17 bits per heavy atom. The van der Waals surface area contributed by atoms with Gasteiger partial charge in [0.15, 0.2) is 0 Å². The van der Waals surface area contributed by atoms with Gasteiger partial charge in [-0.15, -0.1) is 0 Å². The van der Waals surface area contributed by atoms with Crippen LogP contribution in [0.15, 0.2) is 24.4 Å². The van der Waals surface area contributed by atoms with E-state index in [-0.39, 0.29) is 5.41 Å². The fraction of sp³-hybridized carbons (Fsp3) is 0.438. The highest BCUT2D eigenvalue weighted by atomic mass is 14.7. The van der Waals surface area contributed by atoms with Gasteiger partial charge in [0.25, 0.3) is 0 Å². The van der Waals surface area contributed by atoms with Crippen molar-refractivity contribution in [3.8, 4) is 0 Å². The van der Waals surface area contributed by atoms with Gasteiger partial charge in [-0.2, -0.15) is 0 Å². The average molecular weight is 242 g/mol. The molecule has 0 atom stereocenters. The Kier molecular flexibility index (Phi) is 3.40. The highest BCUT2D eigenvalue weighted by Crippen LogP contribution is 2.26. The summed E-state index contributed by atoms with van der Waals surface area (Å²) in [4.78, 5) is 4.47. The highest BCUT2D eigenvalue weighted by Gasteiger charge is 2.17. The summed E-state index contributed by atoms with van der Waals surface area (Å²) in [5.41, 5.74) is 11.0. The monoisotopic (exact) mass is 242 g/mol. The summed E-state index contributed by atoms with van der Waals surface area (Å²) in [6.45, 7) is 9.40. The van der Waals surface area contributed by atoms with E-state index in [0.717, 1.165) is 11.9 Å². The number of hydrogen-bond donors (Lipinski definition) is 1. The lowest BCUT2D eigenvalue weighted by atomic mass is 9.85. The first-order valence-electron chi connectivity index (χ1n) is 6.48. The molecule has 0 aliphatic heterocycles. The number of nitrogens with two attached hydrogens (primary N) is 1. The lowest BCUT2D eigenvalue weighted by molar-refractivity contribution is 0.377. The Morgan fingerprint density at radius 3 is 2.56 bits per heavy atom. The summed E-state index contributed by atoms with van der Waals surface area (Å²) in [6, 6.07) is 6.58. The molecule has 0 saturated carbocycles. The van der Waals surface area contributed by atoms with E-state index in [2.05, 4.69) is 50.9 Å². The number of benzene rings is 1. The van der Waals surface area contributed by atoms with Gasteiger partial charge in [0.2, 0.25) is 0 Å². The molecule has 96 valence electrons. The third-order valence-corrected chi connectivity index (χ3v) is 3.55. The molecule has 2 N–H and O–H groups in total. The molecule has 0 bridgehead atoms. The first-order chi connectivity index (χ1) is 8.43. The SMILES string of the molecule is Cc1ccnc2c(C)cc(CC(C)(C)CN)cc12. The van der Waals surface area contributed by atoms with Crippen molar-refractivity contribution in [2.24, 2.45) is 11.1 Å². The molecule has 18 heavy (non-hydrogen) atoms. The number of aromatic nitrogens is 1. The standard InChI is InChI=1S/C16H22N2/c1-11-5-6-18-15-12(2)7-13(8-14(11)15)9-16(3,4)10-17/h5-8H,9-10,17H2,1-4H3. The van der Waals surface area contributed by atoms with E-state index in [1.54, 1.807) is 0 Å². The van der Waals surface area contributed by atoms with Crippen molar-refractivity contribution in [1.29, 1.82) is 0 Å². The predicted molar refractivity (Wildman–Crippen MR) is 77.8 cm³/mol. The Labute approximate surface area is 109 Å². The van der Waals surface area contributed by atoms with Gasteiger partial charge in [-0.3, -0.25) is 4.98 Å². The summed E-state index contributed by atoms with van der Waals surface area (Å²) in [5.74, 6) is 0. The van der Waals surface area contributed by atoms with Crippen LogP contribution in [0.2, 0.25) is 0 Å². The first-order valence-corrected chi connectivity index (χ1v) is 6.48. The molecule has 2 heteroatoms. The van der Waals surface area contributed by atoms with Crippen molar-refractivity contribution in [3.63, 3.8) is 0 Å². The Balaban J connectivity index is 2.52. The zero-order chi connectivity index (χ0) is 13.3. The largest absolute Gasteiger partial charge is 0.330 e.